The number of hydrogen-bond acceptors (Lipinski definition) is 4. The maximum Gasteiger partial charge on any atom is 0.0971 e. The van der Waals surface area contributed by atoms with E-state index in [9.17, 15) is 5.11 Å². The van der Waals surface area contributed by atoms with Crippen molar-refractivity contribution in [2.24, 2.45) is 0 Å². The van der Waals surface area contributed by atoms with E-state index in [1.807, 2.05) is 0 Å². The fraction of sp³-hybridized carbons (Fsp3) is 1.00. The monoisotopic (exact) mass is 187 g/mol. The van der Waals surface area contributed by atoms with Gasteiger partial charge in [0.15, 0.2) is 0 Å². The number of ether oxygens (including phenoxy) is 2. The molecule has 3 atom stereocenters. The van der Waals surface area contributed by atoms with Gasteiger partial charge in [-0.1, -0.05) is 0 Å². The Balaban J connectivity index is 1.66. The standard InChI is InChI=1S/C9H17NO3/c11-8-4-10-5-9(8)13-6-7-2-1-3-12-7/h7-11H,1-6H2/t7?,8-,9-/m1/s1. The summed E-state index contributed by atoms with van der Waals surface area (Å²) in [6, 6.07) is 0. The summed E-state index contributed by atoms with van der Waals surface area (Å²) >= 11 is 0. The number of rotatable bonds is 3. The summed E-state index contributed by atoms with van der Waals surface area (Å²) in [6.45, 7) is 2.90. The van der Waals surface area contributed by atoms with Crippen LogP contribution in [0.3, 0.4) is 0 Å². The maximum atomic E-state index is 9.43. The highest BCUT2D eigenvalue weighted by molar-refractivity contribution is 4.81. The highest BCUT2D eigenvalue weighted by atomic mass is 16.5. The first-order valence-corrected chi connectivity index (χ1v) is 4.98. The van der Waals surface area contributed by atoms with Gasteiger partial charge in [-0.05, 0) is 12.8 Å². The molecule has 4 heteroatoms. The van der Waals surface area contributed by atoms with E-state index in [1.165, 1.54) is 0 Å². The summed E-state index contributed by atoms with van der Waals surface area (Å²) in [5.74, 6) is 0. The van der Waals surface area contributed by atoms with Crippen LogP contribution in [0.5, 0.6) is 0 Å². The van der Waals surface area contributed by atoms with Gasteiger partial charge >= 0.3 is 0 Å². The highest BCUT2D eigenvalue weighted by Crippen LogP contribution is 2.14. The molecule has 4 nitrogen and oxygen atoms in total. The molecular formula is C9H17NO3. The smallest absolute Gasteiger partial charge is 0.0971 e. The van der Waals surface area contributed by atoms with Crippen LogP contribution in [0.2, 0.25) is 0 Å². The van der Waals surface area contributed by atoms with Crippen molar-refractivity contribution in [3.8, 4) is 0 Å². The van der Waals surface area contributed by atoms with Crippen LogP contribution in [-0.2, 0) is 9.47 Å². The molecule has 2 aliphatic heterocycles. The number of nitrogens with one attached hydrogen (secondary N) is 1. The minimum atomic E-state index is -0.346. The zero-order chi connectivity index (χ0) is 9.10. The molecule has 0 aromatic heterocycles. The summed E-state index contributed by atoms with van der Waals surface area (Å²) in [5.41, 5.74) is 0. The molecule has 2 heterocycles. The van der Waals surface area contributed by atoms with Gasteiger partial charge in [-0.25, -0.2) is 0 Å². The third-order valence-corrected chi connectivity index (χ3v) is 2.65. The second kappa shape index (κ2) is 4.37. The first-order valence-electron chi connectivity index (χ1n) is 4.98. The van der Waals surface area contributed by atoms with Crippen LogP contribution in [0.1, 0.15) is 12.8 Å². The molecule has 2 fully saturated rings. The normalized spacial score (nSPS) is 39.9. The molecule has 2 aliphatic rings. The van der Waals surface area contributed by atoms with Gasteiger partial charge in [0.1, 0.15) is 0 Å². The molecule has 0 saturated carbocycles. The Kier molecular flexibility index (Phi) is 3.16. The van der Waals surface area contributed by atoms with Gasteiger partial charge in [-0.3, -0.25) is 0 Å². The van der Waals surface area contributed by atoms with E-state index >= 15 is 0 Å². The maximum absolute atomic E-state index is 9.43. The fourth-order valence-electron chi connectivity index (χ4n) is 1.82. The number of aliphatic hydroxyl groups is 1. The quantitative estimate of drug-likeness (QED) is 0.626. The fourth-order valence-corrected chi connectivity index (χ4v) is 1.82. The number of hydrogen-bond donors (Lipinski definition) is 2. The van der Waals surface area contributed by atoms with Crippen LogP contribution in [0, 0.1) is 0 Å². The van der Waals surface area contributed by atoms with E-state index in [-0.39, 0.29) is 18.3 Å². The summed E-state index contributed by atoms with van der Waals surface area (Å²) in [4.78, 5) is 0. The second-order valence-electron chi connectivity index (χ2n) is 3.73. The molecule has 0 aromatic carbocycles. The first-order chi connectivity index (χ1) is 6.36. The molecule has 0 aromatic rings. The van der Waals surface area contributed by atoms with E-state index in [0.717, 1.165) is 26.0 Å². The van der Waals surface area contributed by atoms with Crippen LogP contribution >= 0.6 is 0 Å². The van der Waals surface area contributed by atoms with Crippen LogP contribution in [0.25, 0.3) is 0 Å². The summed E-state index contributed by atoms with van der Waals surface area (Å²) < 4.78 is 11.0. The van der Waals surface area contributed by atoms with Gasteiger partial charge in [0, 0.05) is 19.7 Å². The Morgan fingerprint density at radius 1 is 1.46 bits per heavy atom. The largest absolute Gasteiger partial charge is 0.389 e. The van der Waals surface area contributed by atoms with Gasteiger partial charge in [-0.2, -0.15) is 0 Å². The van der Waals surface area contributed by atoms with Crippen molar-refractivity contribution >= 4 is 0 Å². The number of β-amino-alcohol motifs (C(OH)–C–C–N with tert-alkyl or cyclic N) is 1. The zero-order valence-corrected chi connectivity index (χ0v) is 7.74. The molecular weight excluding hydrogens is 170 g/mol. The Labute approximate surface area is 78.2 Å². The van der Waals surface area contributed by atoms with Crippen molar-refractivity contribution in [2.45, 2.75) is 31.2 Å². The molecule has 0 amide bonds. The molecule has 1 unspecified atom stereocenters. The number of aliphatic hydroxyl groups excluding tert-OH is 1. The van der Waals surface area contributed by atoms with E-state index in [0.29, 0.717) is 13.2 Å². The minimum absolute atomic E-state index is 0.0378. The lowest BCUT2D eigenvalue weighted by atomic mass is 10.2. The summed E-state index contributed by atoms with van der Waals surface area (Å²) in [6.07, 6.45) is 2.11. The van der Waals surface area contributed by atoms with Gasteiger partial charge in [0.05, 0.1) is 24.9 Å². The lowest BCUT2D eigenvalue weighted by Gasteiger charge is -2.17. The third kappa shape index (κ3) is 2.40. The molecule has 0 radical (unpaired) electrons. The molecule has 76 valence electrons. The predicted molar refractivity (Wildman–Crippen MR) is 47.6 cm³/mol. The average Bonchev–Trinajstić information content (AvgIpc) is 2.72. The SMILES string of the molecule is O[C@@H]1CNC[C@H]1OCC1CCCO1. The Morgan fingerprint density at radius 3 is 3.00 bits per heavy atom. The van der Waals surface area contributed by atoms with Crippen LogP contribution in [0.4, 0.5) is 0 Å². The molecule has 13 heavy (non-hydrogen) atoms. The molecule has 0 spiro atoms. The van der Waals surface area contributed by atoms with Gasteiger partial charge in [-0.15, -0.1) is 0 Å². The van der Waals surface area contributed by atoms with Gasteiger partial charge in [0.2, 0.25) is 0 Å². The molecule has 0 aliphatic carbocycles. The highest BCUT2D eigenvalue weighted by Gasteiger charge is 2.27. The topological polar surface area (TPSA) is 50.7 Å². The van der Waals surface area contributed by atoms with E-state index in [2.05, 4.69) is 5.32 Å². The van der Waals surface area contributed by atoms with E-state index in [4.69, 9.17) is 9.47 Å². The molecule has 2 N–H and O–H groups in total. The van der Waals surface area contributed by atoms with E-state index < -0.39 is 0 Å². The Morgan fingerprint density at radius 2 is 2.38 bits per heavy atom. The molecule has 0 bridgehead atoms. The van der Waals surface area contributed by atoms with Gasteiger partial charge < -0.3 is 19.9 Å². The predicted octanol–water partition coefficient (Wildman–Crippen LogP) is -0.485. The lowest BCUT2D eigenvalue weighted by molar-refractivity contribution is -0.0502. The van der Waals surface area contributed by atoms with Crippen molar-refractivity contribution in [3.63, 3.8) is 0 Å². The zero-order valence-electron chi connectivity index (χ0n) is 7.74. The lowest BCUT2D eigenvalue weighted by Crippen LogP contribution is -2.30. The van der Waals surface area contributed by atoms with Crippen molar-refractivity contribution in [2.75, 3.05) is 26.3 Å². The molecule has 2 saturated heterocycles. The van der Waals surface area contributed by atoms with Crippen molar-refractivity contribution < 1.29 is 14.6 Å². The summed E-state index contributed by atoms with van der Waals surface area (Å²) in [7, 11) is 0. The first kappa shape index (κ1) is 9.40. The van der Waals surface area contributed by atoms with Crippen LogP contribution < -0.4 is 5.32 Å². The Bertz CT molecular complexity index is 159. The Hall–Kier alpha value is -0.160. The van der Waals surface area contributed by atoms with E-state index in [1.54, 1.807) is 0 Å². The van der Waals surface area contributed by atoms with Crippen molar-refractivity contribution in [1.82, 2.24) is 5.32 Å². The minimum Gasteiger partial charge on any atom is -0.389 e. The van der Waals surface area contributed by atoms with Crippen LogP contribution in [-0.4, -0.2) is 49.7 Å². The van der Waals surface area contributed by atoms with Crippen molar-refractivity contribution in [1.29, 1.82) is 0 Å². The molecule has 2 rings (SSSR count). The van der Waals surface area contributed by atoms with Crippen LogP contribution in [0.15, 0.2) is 0 Å². The summed E-state index contributed by atoms with van der Waals surface area (Å²) in [5, 5.41) is 12.5. The van der Waals surface area contributed by atoms with Crippen molar-refractivity contribution in [3.05, 3.63) is 0 Å². The van der Waals surface area contributed by atoms with Gasteiger partial charge in [0.25, 0.3) is 0 Å². The second-order valence-corrected chi connectivity index (χ2v) is 3.73. The average molecular weight is 187 g/mol. The third-order valence-electron chi connectivity index (χ3n) is 2.65.